The summed E-state index contributed by atoms with van der Waals surface area (Å²) in [7, 11) is 0. The summed E-state index contributed by atoms with van der Waals surface area (Å²) in [6.45, 7) is 2.03. The van der Waals surface area contributed by atoms with Crippen molar-refractivity contribution in [3.05, 3.63) is 11.7 Å². The number of nitrogens with one attached hydrogen (secondary N) is 1. The molecule has 1 aromatic rings. The molecule has 3 aliphatic rings. The smallest absolute Gasteiger partial charge is 0.229 e. The van der Waals surface area contributed by atoms with Crippen LogP contribution >= 0.6 is 0 Å². The van der Waals surface area contributed by atoms with Crippen LogP contribution in [0.15, 0.2) is 4.52 Å². The summed E-state index contributed by atoms with van der Waals surface area (Å²) in [5.41, 5.74) is 0. The van der Waals surface area contributed by atoms with E-state index in [2.05, 4.69) is 15.5 Å². The molecular formula is C18H27N3O4. The number of ether oxygens (including phenoxy) is 1. The number of aliphatic hydroxyl groups excluding tert-OH is 1. The lowest BCUT2D eigenvalue weighted by Crippen LogP contribution is -2.34. The van der Waals surface area contributed by atoms with E-state index in [1.807, 2.05) is 0 Å². The first-order valence-corrected chi connectivity index (χ1v) is 9.55. The van der Waals surface area contributed by atoms with Gasteiger partial charge in [0.2, 0.25) is 11.8 Å². The van der Waals surface area contributed by atoms with Gasteiger partial charge in [0.1, 0.15) is 0 Å². The standard InChI is InChI=1S/C18H27N3O4/c22-15-9-13(18-20-17(21-25-18)12-1-2-12)8-14(15)10-19-16(23)7-11-3-5-24-6-4-11/h11-15,22H,1-10H2,(H,19,23)/t13-,14+,15+/m0/s1. The molecule has 0 unspecified atom stereocenters. The summed E-state index contributed by atoms with van der Waals surface area (Å²) in [5, 5.41) is 17.4. The van der Waals surface area contributed by atoms with E-state index in [9.17, 15) is 9.90 Å². The third kappa shape index (κ3) is 4.20. The van der Waals surface area contributed by atoms with Crippen LogP contribution in [0.5, 0.6) is 0 Å². The molecule has 7 nitrogen and oxygen atoms in total. The van der Waals surface area contributed by atoms with E-state index in [1.54, 1.807) is 0 Å². The maximum atomic E-state index is 12.1. The van der Waals surface area contributed by atoms with Crippen LogP contribution in [0.2, 0.25) is 0 Å². The van der Waals surface area contributed by atoms with Crippen molar-refractivity contribution in [3.63, 3.8) is 0 Å². The number of aromatic nitrogens is 2. The van der Waals surface area contributed by atoms with E-state index in [0.717, 1.165) is 51.1 Å². The number of aliphatic hydroxyl groups is 1. The van der Waals surface area contributed by atoms with Gasteiger partial charge in [-0.1, -0.05) is 5.16 Å². The van der Waals surface area contributed by atoms with Crippen molar-refractivity contribution in [3.8, 4) is 0 Å². The lowest BCUT2D eigenvalue weighted by atomic mass is 9.96. The van der Waals surface area contributed by atoms with E-state index >= 15 is 0 Å². The van der Waals surface area contributed by atoms with Crippen molar-refractivity contribution in [2.45, 2.75) is 62.9 Å². The first kappa shape index (κ1) is 17.0. The molecule has 2 N–H and O–H groups in total. The van der Waals surface area contributed by atoms with Crippen LogP contribution in [0.1, 0.15) is 68.5 Å². The third-order valence-corrected chi connectivity index (χ3v) is 5.78. The van der Waals surface area contributed by atoms with Gasteiger partial charge in [0, 0.05) is 43.9 Å². The van der Waals surface area contributed by atoms with Crippen LogP contribution in [0.25, 0.3) is 0 Å². The molecule has 1 aromatic heterocycles. The van der Waals surface area contributed by atoms with Crippen LogP contribution in [0, 0.1) is 11.8 Å². The van der Waals surface area contributed by atoms with E-state index in [1.165, 1.54) is 0 Å². The first-order chi connectivity index (χ1) is 12.2. The fraction of sp³-hybridized carbons (Fsp3) is 0.833. The van der Waals surface area contributed by atoms with Crippen molar-refractivity contribution in [1.82, 2.24) is 15.5 Å². The highest BCUT2D eigenvalue weighted by atomic mass is 16.5. The molecule has 2 heterocycles. The monoisotopic (exact) mass is 349 g/mol. The average molecular weight is 349 g/mol. The molecule has 4 rings (SSSR count). The Hall–Kier alpha value is -1.47. The fourth-order valence-corrected chi connectivity index (χ4v) is 3.97. The van der Waals surface area contributed by atoms with Gasteiger partial charge in [-0.2, -0.15) is 4.98 Å². The number of rotatable bonds is 6. The first-order valence-electron chi connectivity index (χ1n) is 9.55. The van der Waals surface area contributed by atoms with Gasteiger partial charge < -0.3 is 19.7 Å². The minimum absolute atomic E-state index is 0.0555. The van der Waals surface area contributed by atoms with Crippen molar-refractivity contribution >= 4 is 5.91 Å². The molecule has 3 atom stereocenters. The fourth-order valence-electron chi connectivity index (χ4n) is 3.97. The summed E-state index contributed by atoms with van der Waals surface area (Å²) in [4.78, 5) is 16.6. The molecule has 3 fully saturated rings. The quantitative estimate of drug-likeness (QED) is 0.812. The summed E-state index contributed by atoms with van der Waals surface area (Å²) in [6, 6.07) is 0. The Morgan fingerprint density at radius 3 is 2.72 bits per heavy atom. The van der Waals surface area contributed by atoms with Gasteiger partial charge in [0.25, 0.3) is 0 Å². The zero-order chi connectivity index (χ0) is 17.2. The lowest BCUT2D eigenvalue weighted by Gasteiger charge is -2.22. The van der Waals surface area contributed by atoms with E-state index in [4.69, 9.17) is 9.26 Å². The number of hydrogen-bond donors (Lipinski definition) is 2. The predicted molar refractivity (Wildman–Crippen MR) is 88.9 cm³/mol. The van der Waals surface area contributed by atoms with Crippen LogP contribution in [-0.4, -0.2) is 47.0 Å². The SMILES string of the molecule is O=C(CC1CCOCC1)NC[C@H]1C[C@H](c2nc(C3CC3)no2)C[C@H]1O. The van der Waals surface area contributed by atoms with Crippen LogP contribution < -0.4 is 5.32 Å². The van der Waals surface area contributed by atoms with Crippen molar-refractivity contribution in [1.29, 1.82) is 0 Å². The van der Waals surface area contributed by atoms with Gasteiger partial charge in [-0.25, -0.2) is 0 Å². The highest BCUT2D eigenvalue weighted by molar-refractivity contribution is 5.76. The summed E-state index contributed by atoms with van der Waals surface area (Å²) in [6.07, 6.45) is 5.76. The van der Waals surface area contributed by atoms with E-state index in [-0.39, 0.29) is 17.7 Å². The van der Waals surface area contributed by atoms with Crippen molar-refractivity contribution in [2.75, 3.05) is 19.8 Å². The maximum Gasteiger partial charge on any atom is 0.229 e. The molecule has 1 amide bonds. The number of hydrogen-bond acceptors (Lipinski definition) is 6. The second-order valence-corrected chi connectivity index (χ2v) is 7.82. The Morgan fingerprint density at radius 1 is 1.16 bits per heavy atom. The lowest BCUT2D eigenvalue weighted by molar-refractivity contribution is -0.123. The zero-order valence-electron chi connectivity index (χ0n) is 14.5. The Kier molecular flexibility index (Phi) is 5.03. The van der Waals surface area contributed by atoms with Crippen LogP contribution in [0.3, 0.4) is 0 Å². The van der Waals surface area contributed by atoms with Gasteiger partial charge in [-0.3, -0.25) is 4.79 Å². The minimum Gasteiger partial charge on any atom is -0.393 e. The molecule has 0 bridgehead atoms. The van der Waals surface area contributed by atoms with Gasteiger partial charge in [0.15, 0.2) is 5.82 Å². The van der Waals surface area contributed by atoms with Gasteiger partial charge in [-0.15, -0.1) is 0 Å². The molecule has 0 spiro atoms. The average Bonchev–Trinajstić information content (AvgIpc) is 3.22. The maximum absolute atomic E-state index is 12.1. The van der Waals surface area contributed by atoms with Crippen LogP contribution in [-0.2, 0) is 9.53 Å². The van der Waals surface area contributed by atoms with Gasteiger partial charge in [0.05, 0.1) is 6.10 Å². The van der Waals surface area contributed by atoms with Crippen LogP contribution in [0.4, 0.5) is 0 Å². The number of carbonyl (C=O) groups excluding carboxylic acids is 1. The molecule has 25 heavy (non-hydrogen) atoms. The molecule has 2 aliphatic carbocycles. The molecule has 0 aromatic carbocycles. The van der Waals surface area contributed by atoms with E-state index < -0.39 is 6.10 Å². The van der Waals surface area contributed by atoms with Crippen molar-refractivity contribution in [2.24, 2.45) is 11.8 Å². The molecule has 2 saturated carbocycles. The highest BCUT2D eigenvalue weighted by Crippen LogP contribution is 2.41. The molecule has 7 heteroatoms. The Labute approximate surface area is 147 Å². The Morgan fingerprint density at radius 2 is 1.96 bits per heavy atom. The molecule has 1 saturated heterocycles. The second-order valence-electron chi connectivity index (χ2n) is 7.82. The largest absolute Gasteiger partial charge is 0.393 e. The molecular weight excluding hydrogens is 322 g/mol. The second kappa shape index (κ2) is 7.41. The highest BCUT2D eigenvalue weighted by Gasteiger charge is 2.38. The Balaban J connectivity index is 1.24. The normalized spacial score (nSPS) is 30.5. The third-order valence-electron chi connectivity index (χ3n) is 5.78. The number of amides is 1. The van der Waals surface area contributed by atoms with E-state index in [0.29, 0.717) is 37.1 Å². The summed E-state index contributed by atoms with van der Waals surface area (Å²) >= 11 is 0. The minimum atomic E-state index is -0.426. The molecule has 138 valence electrons. The Bertz CT molecular complexity index is 595. The van der Waals surface area contributed by atoms with Gasteiger partial charge in [-0.05, 0) is 44.4 Å². The number of nitrogens with zero attached hydrogens (tertiary/aromatic N) is 2. The topological polar surface area (TPSA) is 97.5 Å². The van der Waals surface area contributed by atoms with Crippen molar-refractivity contribution < 1.29 is 19.2 Å². The zero-order valence-corrected chi connectivity index (χ0v) is 14.5. The number of carbonyl (C=O) groups is 1. The summed E-state index contributed by atoms with van der Waals surface area (Å²) in [5.74, 6) is 2.61. The predicted octanol–water partition coefficient (Wildman–Crippen LogP) is 1.73. The molecule has 1 aliphatic heterocycles. The van der Waals surface area contributed by atoms with Gasteiger partial charge >= 0.3 is 0 Å². The molecule has 0 radical (unpaired) electrons. The summed E-state index contributed by atoms with van der Waals surface area (Å²) < 4.78 is 10.7.